The lowest BCUT2D eigenvalue weighted by atomic mass is 10.1. The predicted molar refractivity (Wildman–Crippen MR) is 171 cm³/mol. The highest BCUT2D eigenvalue weighted by molar-refractivity contribution is 6.18. The van der Waals surface area contributed by atoms with E-state index in [-0.39, 0.29) is 44.1 Å². The van der Waals surface area contributed by atoms with Gasteiger partial charge >= 0.3 is 5.97 Å². The van der Waals surface area contributed by atoms with Gasteiger partial charge in [-0.1, -0.05) is 20.8 Å². The van der Waals surface area contributed by atoms with Crippen LogP contribution in [0.2, 0.25) is 0 Å². The van der Waals surface area contributed by atoms with E-state index in [0.29, 0.717) is 44.3 Å². The molecule has 2 aromatic rings. The lowest BCUT2D eigenvalue weighted by Gasteiger charge is -2.22. The first-order chi connectivity index (χ1) is 18.0. The fourth-order valence-corrected chi connectivity index (χ4v) is 3.84. The van der Waals surface area contributed by atoms with E-state index in [2.05, 4.69) is 31.0 Å². The molecule has 1 amide bonds. The van der Waals surface area contributed by atoms with Crippen LogP contribution in [0.4, 0.5) is 5.69 Å². The number of esters is 1. The summed E-state index contributed by atoms with van der Waals surface area (Å²) in [5.74, 6) is 1.73. The van der Waals surface area contributed by atoms with Crippen LogP contribution in [0.25, 0.3) is 11.0 Å². The Morgan fingerprint density at radius 2 is 1.68 bits per heavy atom. The minimum absolute atomic E-state index is 0. The highest BCUT2D eigenvalue weighted by Crippen LogP contribution is 2.23. The first-order valence-corrected chi connectivity index (χ1v) is 14.2. The molecular weight excluding hydrogens is 600 g/mol. The van der Waals surface area contributed by atoms with Crippen molar-refractivity contribution in [1.82, 2.24) is 14.9 Å². The molecule has 0 aliphatic carbocycles. The van der Waals surface area contributed by atoms with E-state index < -0.39 is 17.9 Å². The van der Waals surface area contributed by atoms with Gasteiger partial charge in [-0.25, -0.2) is 4.98 Å². The third-order valence-corrected chi connectivity index (χ3v) is 5.59. The number of nitrogens with one attached hydrogen (secondary N) is 1. The number of halogens is 4. The molecule has 1 aromatic heterocycles. The number of ether oxygens (including phenoxy) is 2. The molecule has 40 heavy (non-hydrogen) atoms. The number of alkyl halides is 2. The van der Waals surface area contributed by atoms with Crippen molar-refractivity contribution < 1.29 is 19.1 Å². The van der Waals surface area contributed by atoms with Gasteiger partial charge in [-0.15, -0.1) is 48.0 Å². The number of fused-ring (bicyclic) bond motifs is 1. The van der Waals surface area contributed by atoms with Gasteiger partial charge in [0.2, 0.25) is 5.91 Å². The van der Waals surface area contributed by atoms with Crippen LogP contribution in [-0.2, 0) is 32.5 Å². The van der Waals surface area contributed by atoms with Crippen LogP contribution in [0, 0.1) is 5.92 Å². The molecule has 9 nitrogen and oxygen atoms in total. The second-order valence-corrected chi connectivity index (χ2v) is 10.6. The number of aromatic nitrogens is 2. The predicted octanol–water partition coefficient (Wildman–Crippen LogP) is 4.71. The molecule has 3 N–H and O–H groups in total. The molecule has 1 heterocycles. The molecule has 1 aromatic carbocycles. The summed E-state index contributed by atoms with van der Waals surface area (Å²) in [6, 6.07) is 5.29. The molecule has 0 unspecified atom stereocenters. The molecule has 1 atom stereocenters. The second-order valence-electron chi connectivity index (χ2n) is 9.86. The summed E-state index contributed by atoms with van der Waals surface area (Å²) in [6.45, 7) is 11.9. The van der Waals surface area contributed by atoms with Gasteiger partial charge in [-0.3, -0.25) is 9.59 Å². The third-order valence-electron chi connectivity index (χ3n) is 5.25. The molecular formula is C27H47Cl4N5O4. The lowest BCUT2D eigenvalue weighted by molar-refractivity contribution is -0.145. The van der Waals surface area contributed by atoms with E-state index >= 15 is 0 Å². The minimum atomic E-state index is -0.768. The van der Waals surface area contributed by atoms with Crippen LogP contribution in [0.15, 0.2) is 18.2 Å². The third kappa shape index (κ3) is 15.5. The summed E-state index contributed by atoms with van der Waals surface area (Å²) in [7, 11) is 1.93. The van der Waals surface area contributed by atoms with Crippen molar-refractivity contribution in [1.29, 1.82) is 0 Å². The number of anilines is 1. The minimum Gasteiger partial charge on any atom is -0.462 e. The van der Waals surface area contributed by atoms with Crippen molar-refractivity contribution in [3.63, 3.8) is 0 Å². The largest absolute Gasteiger partial charge is 0.462 e. The van der Waals surface area contributed by atoms with E-state index in [1.54, 1.807) is 0 Å². The Labute approximate surface area is 261 Å². The van der Waals surface area contributed by atoms with Gasteiger partial charge in [0.1, 0.15) is 19.0 Å². The molecule has 2 rings (SSSR count). The molecule has 0 spiro atoms. The van der Waals surface area contributed by atoms with Gasteiger partial charge < -0.3 is 30.0 Å². The van der Waals surface area contributed by atoms with Crippen molar-refractivity contribution in [2.24, 2.45) is 18.7 Å². The van der Waals surface area contributed by atoms with Crippen LogP contribution in [0.5, 0.6) is 0 Å². The Kier molecular flexibility index (Phi) is 22.5. The normalized spacial score (nSPS) is 11.3. The average Bonchev–Trinajstić information content (AvgIpc) is 3.17. The van der Waals surface area contributed by atoms with Crippen LogP contribution < -0.4 is 16.0 Å². The molecule has 0 aliphatic rings. The molecule has 13 heteroatoms. The number of carbonyl (C=O) groups excluding carboxylic acids is 2. The number of aryl methyl sites for hydroxylation is 2. The molecule has 232 valence electrons. The highest BCUT2D eigenvalue weighted by Gasteiger charge is 2.17. The Balaban J connectivity index is 0. The zero-order valence-corrected chi connectivity index (χ0v) is 27.6. The van der Waals surface area contributed by atoms with E-state index in [9.17, 15) is 9.59 Å². The van der Waals surface area contributed by atoms with Crippen molar-refractivity contribution in [2.45, 2.75) is 59.6 Å². The zero-order valence-electron chi connectivity index (χ0n) is 24.5. The van der Waals surface area contributed by atoms with E-state index in [4.69, 9.17) is 43.4 Å². The fourth-order valence-electron chi connectivity index (χ4n) is 3.43. The van der Waals surface area contributed by atoms with Crippen LogP contribution in [0.1, 0.15) is 46.9 Å². The van der Waals surface area contributed by atoms with Gasteiger partial charge in [0, 0.05) is 44.0 Å². The molecule has 0 saturated carbocycles. The zero-order chi connectivity index (χ0) is 28.7. The maximum atomic E-state index is 12.3. The summed E-state index contributed by atoms with van der Waals surface area (Å²) in [5.41, 5.74) is 8.88. The van der Waals surface area contributed by atoms with Crippen molar-refractivity contribution >= 4 is 76.6 Å². The van der Waals surface area contributed by atoms with Crippen molar-refractivity contribution in [2.75, 3.05) is 49.5 Å². The second kappa shape index (κ2) is 22.2. The fraction of sp³-hybridized carbons (Fsp3) is 0.667. The van der Waals surface area contributed by atoms with Gasteiger partial charge in [0.05, 0.1) is 29.8 Å². The SMILES string of the molecule is CC(C)C.CC(C)OCCOC(=O)CNC(=O)[C@@H](N)CCc1nc2cc(N(CCCl)CCCl)ccc2n1C.Cl.Cl. The number of rotatable bonds is 15. The van der Waals surface area contributed by atoms with E-state index in [1.807, 2.05) is 43.7 Å². The Morgan fingerprint density at radius 1 is 1.07 bits per heavy atom. The monoisotopic (exact) mass is 645 g/mol. The van der Waals surface area contributed by atoms with Crippen molar-refractivity contribution in [3.8, 4) is 0 Å². The number of hydrogen-bond acceptors (Lipinski definition) is 7. The number of nitrogens with two attached hydrogens (primary N) is 1. The van der Waals surface area contributed by atoms with E-state index in [1.165, 1.54) is 0 Å². The molecule has 0 fully saturated rings. The number of amides is 1. The molecule has 0 bridgehead atoms. The Morgan fingerprint density at radius 3 is 2.23 bits per heavy atom. The quantitative estimate of drug-likeness (QED) is 0.164. The van der Waals surface area contributed by atoms with Crippen LogP contribution in [0.3, 0.4) is 0 Å². The first kappa shape index (κ1) is 40.6. The number of carbonyl (C=O) groups is 2. The number of imidazole rings is 1. The summed E-state index contributed by atoms with van der Waals surface area (Å²) in [6.07, 6.45) is 0.966. The van der Waals surface area contributed by atoms with Crippen LogP contribution in [-0.4, -0.2) is 78.2 Å². The summed E-state index contributed by atoms with van der Waals surface area (Å²) in [5, 5.41) is 2.52. The van der Waals surface area contributed by atoms with E-state index in [0.717, 1.165) is 28.5 Å². The summed E-state index contributed by atoms with van der Waals surface area (Å²) in [4.78, 5) is 30.8. The lowest BCUT2D eigenvalue weighted by Crippen LogP contribution is -2.43. The molecule has 0 aliphatic heterocycles. The standard InChI is InChI=1S/C23H35Cl2N5O4.C4H10.2ClH/c1-16(2)33-12-13-34-22(31)15-27-23(32)18(26)5-7-21-28-19-14-17(4-6-20(19)29(21)3)30(10-8-24)11-9-25;1-4(2)3;;/h4,6,14,16,18H,5,7-13,15,26H2,1-3H3,(H,27,32);4H,1-3H3;2*1H/t18-;;;/m0.../s1. The first-order valence-electron chi connectivity index (χ1n) is 13.1. The Hall–Kier alpha value is -1.49. The highest BCUT2D eigenvalue weighted by atomic mass is 35.5. The topological polar surface area (TPSA) is 112 Å². The maximum absolute atomic E-state index is 12.3. The van der Waals surface area contributed by atoms with Gasteiger partial charge in [-0.05, 0) is 44.4 Å². The molecule has 0 saturated heterocycles. The van der Waals surface area contributed by atoms with Crippen LogP contribution >= 0.6 is 48.0 Å². The average molecular weight is 648 g/mol. The van der Waals surface area contributed by atoms with Gasteiger partial charge in [0.15, 0.2) is 0 Å². The van der Waals surface area contributed by atoms with Gasteiger partial charge in [0.25, 0.3) is 0 Å². The summed E-state index contributed by atoms with van der Waals surface area (Å²) < 4.78 is 12.3. The summed E-state index contributed by atoms with van der Waals surface area (Å²) >= 11 is 11.8. The van der Waals surface area contributed by atoms with Gasteiger partial charge in [-0.2, -0.15) is 0 Å². The number of nitrogens with zero attached hydrogens (tertiary/aromatic N) is 3. The number of benzene rings is 1. The smallest absolute Gasteiger partial charge is 0.325 e. The maximum Gasteiger partial charge on any atom is 0.325 e. The number of hydrogen-bond donors (Lipinski definition) is 2. The van der Waals surface area contributed by atoms with Crippen molar-refractivity contribution in [3.05, 3.63) is 24.0 Å². The Bertz CT molecular complexity index is 982. The molecule has 0 radical (unpaired) electrons.